The smallest absolute Gasteiger partial charge is 0.306 e. The Morgan fingerprint density at radius 1 is 0.367 bits per heavy atom. The topological polar surface area (TPSA) is 78.9 Å². The average Bonchev–Trinajstić information content (AvgIpc) is 3.24. The molecule has 0 bridgehead atoms. The maximum atomic E-state index is 12.8. The van der Waals surface area contributed by atoms with Crippen molar-refractivity contribution in [3.63, 3.8) is 0 Å². The van der Waals surface area contributed by atoms with E-state index in [-0.39, 0.29) is 44.0 Å². The van der Waals surface area contributed by atoms with Crippen molar-refractivity contribution >= 4 is 17.9 Å². The molecule has 0 amide bonds. The SMILES string of the molecule is CC\C=C/C=C\C=C/C=C\CCCCCCCC(=O)OC(COC(=O)CCC/C=C\C/C=C\C/C=C\CC)COC(=O)CCCCCCC/C=C\CCCCCCCCC. The van der Waals surface area contributed by atoms with Gasteiger partial charge in [-0.05, 0) is 89.9 Å². The second-order valence-electron chi connectivity index (χ2n) is 15.7. The van der Waals surface area contributed by atoms with Gasteiger partial charge in [-0.2, -0.15) is 0 Å². The van der Waals surface area contributed by atoms with E-state index in [1.165, 1.54) is 57.8 Å². The number of carbonyl (C=O) groups excluding carboxylic acids is 3. The van der Waals surface area contributed by atoms with Crippen LogP contribution < -0.4 is 0 Å². The largest absolute Gasteiger partial charge is 0.462 e. The van der Waals surface area contributed by atoms with E-state index in [0.29, 0.717) is 12.8 Å². The average molecular weight is 833 g/mol. The molecule has 0 saturated carbocycles. The molecule has 0 spiro atoms. The van der Waals surface area contributed by atoms with Crippen LogP contribution in [0, 0.1) is 0 Å². The first-order valence-corrected chi connectivity index (χ1v) is 24.3. The Balaban J connectivity index is 4.49. The van der Waals surface area contributed by atoms with Crippen molar-refractivity contribution in [2.24, 2.45) is 0 Å². The molecule has 0 aromatic heterocycles. The molecule has 6 nitrogen and oxygen atoms in total. The van der Waals surface area contributed by atoms with E-state index in [2.05, 4.69) is 93.7 Å². The maximum absolute atomic E-state index is 12.8. The number of unbranched alkanes of at least 4 members (excludes halogenated alkanes) is 18. The molecule has 0 fully saturated rings. The Hall–Kier alpha value is -3.67. The van der Waals surface area contributed by atoms with Crippen LogP contribution in [-0.2, 0) is 28.6 Å². The molecule has 340 valence electrons. The van der Waals surface area contributed by atoms with E-state index in [9.17, 15) is 14.4 Å². The van der Waals surface area contributed by atoms with E-state index >= 15 is 0 Å². The van der Waals surface area contributed by atoms with Crippen LogP contribution in [0.4, 0.5) is 0 Å². The van der Waals surface area contributed by atoms with Gasteiger partial charge in [0.25, 0.3) is 0 Å². The lowest BCUT2D eigenvalue weighted by Crippen LogP contribution is -2.30. The van der Waals surface area contributed by atoms with Gasteiger partial charge in [-0.1, -0.05) is 195 Å². The molecule has 1 atom stereocenters. The summed E-state index contributed by atoms with van der Waals surface area (Å²) in [6, 6.07) is 0. The number of ether oxygens (including phenoxy) is 3. The van der Waals surface area contributed by atoms with Crippen molar-refractivity contribution in [2.45, 2.75) is 213 Å². The highest BCUT2D eigenvalue weighted by Crippen LogP contribution is 2.13. The van der Waals surface area contributed by atoms with Gasteiger partial charge in [0.05, 0.1) is 0 Å². The molecular weight excluding hydrogens is 745 g/mol. The van der Waals surface area contributed by atoms with E-state index in [1.54, 1.807) is 0 Å². The Morgan fingerprint density at radius 3 is 1.30 bits per heavy atom. The predicted molar refractivity (Wildman–Crippen MR) is 256 cm³/mol. The first-order valence-electron chi connectivity index (χ1n) is 24.3. The van der Waals surface area contributed by atoms with Crippen molar-refractivity contribution in [1.82, 2.24) is 0 Å². The third-order valence-corrected chi connectivity index (χ3v) is 9.90. The van der Waals surface area contributed by atoms with Crippen LogP contribution in [-0.4, -0.2) is 37.2 Å². The highest BCUT2D eigenvalue weighted by atomic mass is 16.6. The summed E-state index contributed by atoms with van der Waals surface area (Å²) < 4.78 is 16.7. The number of rotatable bonds is 42. The quantitative estimate of drug-likeness (QED) is 0.0200. The minimum absolute atomic E-state index is 0.109. The lowest BCUT2D eigenvalue weighted by Gasteiger charge is -2.18. The summed E-state index contributed by atoms with van der Waals surface area (Å²) in [5, 5.41) is 0. The lowest BCUT2D eigenvalue weighted by molar-refractivity contribution is -0.167. The van der Waals surface area contributed by atoms with Crippen molar-refractivity contribution < 1.29 is 28.6 Å². The Bertz CT molecular complexity index is 1230. The fourth-order valence-corrected chi connectivity index (χ4v) is 6.29. The summed E-state index contributed by atoms with van der Waals surface area (Å²) in [6.45, 7) is 6.29. The van der Waals surface area contributed by atoms with Gasteiger partial charge in [0.2, 0.25) is 0 Å². The molecule has 0 aliphatic carbocycles. The molecule has 0 aliphatic heterocycles. The molecule has 0 saturated heterocycles. The van der Waals surface area contributed by atoms with Crippen LogP contribution in [0.2, 0.25) is 0 Å². The Morgan fingerprint density at radius 2 is 0.750 bits per heavy atom. The molecule has 0 aliphatic rings. The van der Waals surface area contributed by atoms with Gasteiger partial charge in [0.1, 0.15) is 13.2 Å². The molecule has 1 unspecified atom stereocenters. The highest BCUT2D eigenvalue weighted by molar-refractivity contribution is 5.71. The van der Waals surface area contributed by atoms with Gasteiger partial charge in [-0.25, -0.2) is 0 Å². The second kappa shape index (κ2) is 48.0. The summed E-state index contributed by atoms with van der Waals surface area (Å²) in [5.74, 6) is -1.00. The summed E-state index contributed by atoms with van der Waals surface area (Å²) in [6.07, 6.45) is 62.5. The third-order valence-electron chi connectivity index (χ3n) is 9.90. The zero-order valence-electron chi connectivity index (χ0n) is 38.7. The predicted octanol–water partition coefficient (Wildman–Crippen LogP) is 15.8. The summed E-state index contributed by atoms with van der Waals surface area (Å²) in [5.41, 5.74) is 0. The monoisotopic (exact) mass is 833 g/mol. The second-order valence-corrected chi connectivity index (χ2v) is 15.7. The summed E-state index contributed by atoms with van der Waals surface area (Å²) >= 11 is 0. The molecule has 0 aromatic carbocycles. The molecule has 0 aromatic rings. The fraction of sp³-hybridized carbons (Fsp3) is 0.648. The van der Waals surface area contributed by atoms with Crippen molar-refractivity contribution in [3.8, 4) is 0 Å². The standard InChI is InChI=1S/C54H88O6/c1-4-7-10-13-16-19-22-24-26-28-29-32-35-38-41-44-47-53(56)59-50-51(49-58-52(55)46-43-40-37-34-31-21-18-15-12-9-6-3)60-54(57)48-45-42-39-36-33-30-27-25-23-20-17-14-11-8-5-2/h8-9,11-12,14,17-18,20-21,23,25-28,34,37,51H,4-7,10,13,15-16,19,22,24,29-33,35-36,38-50H2,1-3H3/b11-8-,12-9-,17-14-,21-18-,23-20-,27-25-,28-26-,37-34-. The van der Waals surface area contributed by atoms with E-state index in [0.717, 1.165) is 103 Å². The molecule has 0 N–H and O–H groups in total. The van der Waals surface area contributed by atoms with Gasteiger partial charge in [0.15, 0.2) is 6.10 Å². The van der Waals surface area contributed by atoms with Gasteiger partial charge in [-0.15, -0.1) is 0 Å². The van der Waals surface area contributed by atoms with Gasteiger partial charge in [0, 0.05) is 19.3 Å². The summed E-state index contributed by atoms with van der Waals surface area (Å²) in [7, 11) is 0. The van der Waals surface area contributed by atoms with Crippen LogP contribution in [0.15, 0.2) is 97.2 Å². The molecule has 60 heavy (non-hydrogen) atoms. The van der Waals surface area contributed by atoms with Gasteiger partial charge in [-0.3, -0.25) is 14.4 Å². The van der Waals surface area contributed by atoms with Crippen LogP contribution in [0.5, 0.6) is 0 Å². The number of allylic oxidation sites excluding steroid dienone is 16. The minimum atomic E-state index is -0.813. The Kier molecular flexibility index (Phi) is 45.1. The van der Waals surface area contributed by atoms with Crippen LogP contribution in [0.1, 0.15) is 207 Å². The summed E-state index contributed by atoms with van der Waals surface area (Å²) in [4.78, 5) is 37.8. The first kappa shape index (κ1) is 56.3. The molecule has 0 rings (SSSR count). The maximum Gasteiger partial charge on any atom is 0.306 e. The Labute approximate surface area is 368 Å². The van der Waals surface area contributed by atoms with Crippen molar-refractivity contribution in [3.05, 3.63) is 97.2 Å². The normalized spacial score (nSPS) is 12.9. The highest BCUT2D eigenvalue weighted by Gasteiger charge is 2.19. The van der Waals surface area contributed by atoms with Gasteiger partial charge >= 0.3 is 17.9 Å². The van der Waals surface area contributed by atoms with Crippen LogP contribution in [0.3, 0.4) is 0 Å². The zero-order chi connectivity index (χ0) is 43.7. The van der Waals surface area contributed by atoms with E-state index < -0.39 is 6.10 Å². The molecule has 0 radical (unpaired) electrons. The molecular formula is C54H88O6. The zero-order valence-corrected chi connectivity index (χ0v) is 38.7. The number of carbonyl (C=O) groups is 3. The fourth-order valence-electron chi connectivity index (χ4n) is 6.29. The van der Waals surface area contributed by atoms with Crippen LogP contribution >= 0.6 is 0 Å². The van der Waals surface area contributed by atoms with Crippen molar-refractivity contribution in [1.29, 1.82) is 0 Å². The third kappa shape index (κ3) is 45.4. The number of esters is 3. The lowest BCUT2D eigenvalue weighted by atomic mass is 10.1. The molecule has 6 heteroatoms. The number of hydrogen-bond acceptors (Lipinski definition) is 6. The molecule has 0 heterocycles. The van der Waals surface area contributed by atoms with E-state index in [1.807, 2.05) is 24.3 Å². The van der Waals surface area contributed by atoms with E-state index in [4.69, 9.17) is 14.2 Å². The van der Waals surface area contributed by atoms with Crippen molar-refractivity contribution in [2.75, 3.05) is 13.2 Å². The van der Waals surface area contributed by atoms with Crippen LogP contribution in [0.25, 0.3) is 0 Å². The minimum Gasteiger partial charge on any atom is -0.462 e. The first-order chi connectivity index (χ1) is 29.5. The number of hydrogen-bond donors (Lipinski definition) is 0. The van der Waals surface area contributed by atoms with Gasteiger partial charge < -0.3 is 14.2 Å².